The Morgan fingerprint density at radius 1 is 1.30 bits per heavy atom. The van der Waals surface area contributed by atoms with Gasteiger partial charge in [0.2, 0.25) is 10.0 Å². The molecule has 1 aromatic rings. The van der Waals surface area contributed by atoms with Gasteiger partial charge in [0, 0.05) is 13.1 Å². The van der Waals surface area contributed by atoms with Crippen LogP contribution in [0, 0.1) is 6.92 Å². The van der Waals surface area contributed by atoms with Gasteiger partial charge in [0.1, 0.15) is 6.54 Å². The normalized spacial score (nSPS) is 12.9. The highest BCUT2D eigenvalue weighted by Gasteiger charge is 2.36. The summed E-state index contributed by atoms with van der Waals surface area (Å²) in [5.41, 5.74) is 6.87. The first kappa shape index (κ1) is 16.9. The van der Waals surface area contributed by atoms with E-state index in [9.17, 15) is 21.6 Å². The zero-order valence-electron chi connectivity index (χ0n) is 11.2. The van der Waals surface area contributed by atoms with Crippen molar-refractivity contribution in [2.75, 3.05) is 13.1 Å². The molecule has 0 saturated heterocycles. The zero-order chi connectivity index (χ0) is 15.6. The first-order valence-electron chi connectivity index (χ1n) is 5.98. The van der Waals surface area contributed by atoms with Gasteiger partial charge in [0.25, 0.3) is 0 Å². The summed E-state index contributed by atoms with van der Waals surface area (Å²) in [5.74, 6) is 0. The summed E-state index contributed by atoms with van der Waals surface area (Å²) in [4.78, 5) is -0.172. The summed E-state index contributed by atoms with van der Waals surface area (Å²) in [6.45, 7) is 1.49. The zero-order valence-corrected chi connectivity index (χ0v) is 12.1. The van der Waals surface area contributed by atoms with Crippen molar-refractivity contribution < 1.29 is 21.6 Å². The molecule has 4 nitrogen and oxygen atoms in total. The monoisotopic (exact) mass is 310 g/mol. The summed E-state index contributed by atoms with van der Waals surface area (Å²) >= 11 is 0. The molecule has 8 heteroatoms. The molecule has 0 atom stereocenters. The van der Waals surface area contributed by atoms with Gasteiger partial charge < -0.3 is 5.73 Å². The third-order valence-electron chi connectivity index (χ3n) is 2.89. The van der Waals surface area contributed by atoms with Crippen LogP contribution in [0.5, 0.6) is 0 Å². The topological polar surface area (TPSA) is 63.4 Å². The Morgan fingerprint density at radius 2 is 1.90 bits per heavy atom. The Morgan fingerprint density at radius 3 is 2.35 bits per heavy atom. The molecular formula is C12H17F3N2O2S. The van der Waals surface area contributed by atoms with Crippen molar-refractivity contribution in [1.29, 1.82) is 0 Å². The molecule has 20 heavy (non-hydrogen) atoms. The molecule has 0 saturated carbocycles. The maximum absolute atomic E-state index is 12.4. The number of hydrogen-bond acceptors (Lipinski definition) is 3. The van der Waals surface area contributed by atoms with E-state index in [-0.39, 0.29) is 18.0 Å². The molecule has 0 aliphatic heterocycles. The second-order valence-electron chi connectivity index (χ2n) is 4.34. The average Bonchev–Trinajstić information content (AvgIpc) is 2.35. The molecular weight excluding hydrogens is 293 g/mol. The number of alkyl halides is 3. The van der Waals surface area contributed by atoms with Crippen LogP contribution in [0.25, 0.3) is 0 Å². The van der Waals surface area contributed by atoms with Crippen molar-refractivity contribution in [2.45, 2.75) is 31.5 Å². The molecule has 0 aliphatic carbocycles. The van der Waals surface area contributed by atoms with Crippen molar-refractivity contribution in [3.05, 3.63) is 29.3 Å². The van der Waals surface area contributed by atoms with Crippen LogP contribution >= 0.6 is 0 Å². The number of sulfonamides is 1. The quantitative estimate of drug-likeness (QED) is 0.905. The minimum Gasteiger partial charge on any atom is -0.326 e. The number of aryl methyl sites for hydroxylation is 1. The van der Waals surface area contributed by atoms with Gasteiger partial charge in [-0.15, -0.1) is 0 Å². The molecule has 0 fully saturated rings. The van der Waals surface area contributed by atoms with Crippen LogP contribution in [0.3, 0.4) is 0 Å². The third-order valence-corrected chi connectivity index (χ3v) is 4.80. The van der Waals surface area contributed by atoms with Crippen LogP contribution in [-0.4, -0.2) is 32.0 Å². The number of nitrogens with two attached hydrogens (primary N) is 1. The fourth-order valence-electron chi connectivity index (χ4n) is 1.74. The van der Waals surface area contributed by atoms with Gasteiger partial charge in [-0.2, -0.15) is 17.5 Å². The Bertz CT molecular complexity index is 571. The van der Waals surface area contributed by atoms with Gasteiger partial charge in [-0.25, -0.2) is 8.42 Å². The molecule has 0 spiro atoms. The van der Waals surface area contributed by atoms with Gasteiger partial charge >= 0.3 is 6.18 Å². The van der Waals surface area contributed by atoms with Crippen LogP contribution in [0.1, 0.15) is 18.1 Å². The average molecular weight is 310 g/mol. The molecule has 0 bridgehead atoms. The van der Waals surface area contributed by atoms with Gasteiger partial charge in [0.05, 0.1) is 4.90 Å². The van der Waals surface area contributed by atoms with Gasteiger partial charge in [-0.3, -0.25) is 0 Å². The van der Waals surface area contributed by atoms with Crippen molar-refractivity contribution in [2.24, 2.45) is 5.73 Å². The number of halogens is 3. The summed E-state index contributed by atoms with van der Waals surface area (Å²) in [6, 6.07) is 4.16. The second-order valence-corrected chi connectivity index (χ2v) is 6.28. The van der Waals surface area contributed by atoms with Crippen molar-refractivity contribution in [3.63, 3.8) is 0 Å². The van der Waals surface area contributed by atoms with E-state index in [2.05, 4.69) is 0 Å². The highest BCUT2D eigenvalue weighted by Crippen LogP contribution is 2.23. The van der Waals surface area contributed by atoms with E-state index in [1.807, 2.05) is 0 Å². The smallest absolute Gasteiger partial charge is 0.326 e. The van der Waals surface area contributed by atoms with Crippen LogP contribution < -0.4 is 5.73 Å². The molecule has 0 heterocycles. The highest BCUT2D eigenvalue weighted by atomic mass is 32.2. The fraction of sp³-hybridized carbons (Fsp3) is 0.500. The standard InChI is InChI=1S/C12H17F3N2O2S/c1-3-17(8-12(13,14)15)20(18,19)11-5-4-9(2)10(6-11)7-16/h4-6H,3,7-8,16H2,1-2H3. The fourth-order valence-corrected chi connectivity index (χ4v) is 3.23. The molecule has 2 N–H and O–H groups in total. The summed E-state index contributed by atoms with van der Waals surface area (Å²) in [6.07, 6.45) is -4.58. The number of benzene rings is 1. The predicted octanol–water partition coefficient (Wildman–Crippen LogP) is 2.03. The minimum absolute atomic E-state index is 0.126. The lowest BCUT2D eigenvalue weighted by Crippen LogP contribution is -2.38. The molecule has 0 radical (unpaired) electrons. The van der Waals surface area contributed by atoms with Crippen LogP contribution in [0.2, 0.25) is 0 Å². The summed E-state index contributed by atoms with van der Waals surface area (Å²) < 4.78 is 62.1. The summed E-state index contributed by atoms with van der Waals surface area (Å²) in [5, 5.41) is 0. The van der Waals surface area contributed by atoms with E-state index >= 15 is 0 Å². The van der Waals surface area contributed by atoms with E-state index in [1.54, 1.807) is 6.92 Å². The van der Waals surface area contributed by atoms with Crippen LogP contribution in [-0.2, 0) is 16.6 Å². The van der Waals surface area contributed by atoms with Crippen molar-refractivity contribution in [1.82, 2.24) is 4.31 Å². The first-order chi connectivity index (χ1) is 9.11. The van der Waals surface area contributed by atoms with Gasteiger partial charge in [0.15, 0.2) is 0 Å². The van der Waals surface area contributed by atoms with Gasteiger partial charge in [-0.05, 0) is 30.2 Å². The lowest BCUT2D eigenvalue weighted by molar-refractivity contribution is -0.135. The molecule has 0 amide bonds. The molecule has 114 valence electrons. The highest BCUT2D eigenvalue weighted by molar-refractivity contribution is 7.89. The van der Waals surface area contributed by atoms with Crippen LogP contribution in [0.4, 0.5) is 13.2 Å². The SMILES string of the molecule is CCN(CC(F)(F)F)S(=O)(=O)c1ccc(C)c(CN)c1. The molecule has 1 aromatic carbocycles. The van der Waals surface area contributed by atoms with E-state index < -0.39 is 22.7 Å². The summed E-state index contributed by atoms with van der Waals surface area (Å²) in [7, 11) is -4.18. The Hall–Kier alpha value is -1.12. The number of hydrogen-bond donors (Lipinski definition) is 1. The molecule has 0 unspecified atom stereocenters. The van der Waals surface area contributed by atoms with Crippen molar-refractivity contribution in [3.8, 4) is 0 Å². The minimum atomic E-state index is -4.58. The largest absolute Gasteiger partial charge is 0.402 e. The lowest BCUT2D eigenvalue weighted by Gasteiger charge is -2.22. The Balaban J connectivity index is 3.20. The van der Waals surface area contributed by atoms with Crippen LogP contribution in [0.15, 0.2) is 23.1 Å². The number of nitrogens with zero attached hydrogens (tertiary/aromatic N) is 1. The molecule has 1 rings (SSSR count). The predicted molar refractivity (Wildman–Crippen MR) is 69.6 cm³/mol. The molecule has 0 aromatic heterocycles. The van der Waals surface area contributed by atoms with E-state index in [4.69, 9.17) is 5.73 Å². The Kier molecular flexibility index (Phi) is 5.17. The Labute approximate surface area is 116 Å². The van der Waals surface area contributed by atoms with E-state index in [0.717, 1.165) is 5.56 Å². The molecule has 0 aliphatic rings. The number of rotatable bonds is 5. The van der Waals surface area contributed by atoms with Crippen molar-refractivity contribution >= 4 is 10.0 Å². The second kappa shape index (κ2) is 6.11. The maximum atomic E-state index is 12.4. The van der Waals surface area contributed by atoms with Gasteiger partial charge in [-0.1, -0.05) is 13.0 Å². The van der Waals surface area contributed by atoms with E-state index in [0.29, 0.717) is 9.87 Å². The lowest BCUT2D eigenvalue weighted by atomic mass is 10.1. The third kappa shape index (κ3) is 3.94. The van der Waals surface area contributed by atoms with E-state index in [1.165, 1.54) is 25.1 Å². The maximum Gasteiger partial charge on any atom is 0.402 e. The first-order valence-corrected chi connectivity index (χ1v) is 7.42.